The Morgan fingerprint density at radius 2 is 1.21 bits per heavy atom. The molecule has 0 bridgehead atoms. The van der Waals surface area contributed by atoms with Crippen molar-refractivity contribution in [2.45, 2.75) is 38.0 Å². The second-order valence-corrected chi connectivity index (χ2v) is 7.90. The van der Waals surface area contributed by atoms with Crippen LogP contribution < -0.4 is 0 Å². The molecule has 3 aromatic rings. The number of likely N-dealkylation sites (tertiary alicyclic amines) is 1. The summed E-state index contributed by atoms with van der Waals surface area (Å²) in [5.74, 6) is -0.0490. The Morgan fingerprint density at radius 3 is 1.76 bits per heavy atom. The third-order valence-corrected chi connectivity index (χ3v) is 5.81. The first-order chi connectivity index (χ1) is 14.2. The topological polar surface area (TPSA) is 40.5 Å². The lowest BCUT2D eigenvalue weighted by atomic mass is 9.83. The summed E-state index contributed by atoms with van der Waals surface area (Å²) < 4.78 is 0. The maximum atomic E-state index is 13.5. The number of nitrogens with zero attached hydrogens (tertiary/aromatic N) is 1. The second kappa shape index (κ2) is 9.06. The van der Waals surface area contributed by atoms with E-state index in [1.165, 1.54) is 0 Å². The zero-order valence-corrected chi connectivity index (χ0v) is 16.5. The van der Waals surface area contributed by atoms with Crippen molar-refractivity contribution < 1.29 is 9.90 Å². The van der Waals surface area contributed by atoms with Gasteiger partial charge in [0.05, 0.1) is 12.1 Å². The van der Waals surface area contributed by atoms with Crippen molar-refractivity contribution in [1.29, 1.82) is 0 Å². The average Bonchev–Trinajstić information content (AvgIpc) is 2.76. The van der Waals surface area contributed by atoms with Crippen LogP contribution in [0.25, 0.3) is 0 Å². The number of hydrogen-bond acceptors (Lipinski definition) is 2. The van der Waals surface area contributed by atoms with Gasteiger partial charge in [0.25, 0.3) is 0 Å². The molecule has 1 heterocycles. The molecule has 4 rings (SSSR count). The fourth-order valence-electron chi connectivity index (χ4n) is 4.30. The SMILES string of the molecule is O=C1[C@@H](Cc2ccccc2)C[C@@H](O)[C@@H](Cc2ccccc2)N1Cc1ccccc1. The van der Waals surface area contributed by atoms with Crippen molar-refractivity contribution in [3.05, 3.63) is 108 Å². The van der Waals surface area contributed by atoms with E-state index >= 15 is 0 Å². The van der Waals surface area contributed by atoms with Crippen LogP contribution in [0.3, 0.4) is 0 Å². The Bertz CT molecular complexity index is 911. The molecule has 3 aromatic carbocycles. The third kappa shape index (κ3) is 4.75. The smallest absolute Gasteiger partial charge is 0.226 e. The molecule has 1 saturated heterocycles. The highest BCUT2D eigenvalue weighted by atomic mass is 16.3. The molecule has 1 N–H and O–H groups in total. The van der Waals surface area contributed by atoms with Gasteiger partial charge in [0, 0.05) is 12.5 Å². The fraction of sp³-hybridized carbons (Fsp3) is 0.269. The van der Waals surface area contributed by atoms with E-state index < -0.39 is 6.10 Å². The highest BCUT2D eigenvalue weighted by Crippen LogP contribution is 2.30. The number of carbonyl (C=O) groups is 1. The molecule has 0 spiro atoms. The number of aliphatic hydroxyl groups excluding tert-OH is 1. The van der Waals surface area contributed by atoms with Gasteiger partial charge in [0.1, 0.15) is 0 Å². The van der Waals surface area contributed by atoms with Gasteiger partial charge in [0.2, 0.25) is 5.91 Å². The molecule has 0 aliphatic carbocycles. The molecule has 0 aromatic heterocycles. The van der Waals surface area contributed by atoms with Crippen LogP contribution in [0.5, 0.6) is 0 Å². The quantitative estimate of drug-likeness (QED) is 0.689. The molecule has 3 nitrogen and oxygen atoms in total. The molecule has 1 fully saturated rings. The molecule has 0 radical (unpaired) electrons. The van der Waals surface area contributed by atoms with Crippen LogP contribution in [0.1, 0.15) is 23.1 Å². The first-order valence-electron chi connectivity index (χ1n) is 10.3. The van der Waals surface area contributed by atoms with Gasteiger partial charge in [-0.1, -0.05) is 91.0 Å². The van der Waals surface area contributed by atoms with E-state index in [0.717, 1.165) is 16.7 Å². The van der Waals surface area contributed by atoms with Gasteiger partial charge in [0.15, 0.2) is 0 Å². The summed E-state index contributed by atoms with van der Waals surface area (Å²) in [6.07, 6.45) is 1.31. The number of amides is 1. The first-order valence-corrected chi connectivity index (χ1v) is 10.3. The average molecular weight is 386 g/mol. The minimum absolute atomic E-state index is 0.143. The van der Waals surface area contributed by atoms with Gasteiger partial charge in [-0.2, -0.15) is 0 Å². The zero-order chi connectivity index (χ0) is 20.1. The zero-order valence-electron chi connectivity index (χ0n) is 16.5. The molecule has 3 heteroatoms. The highest BCUT2D eigenvalue weighted by molar-refractivity contribution is 5.80. The van der Waals surface area contributed by atoms with Crippen LogP contribution in [0, 0.1) is 5.92 Å². The molecule has 3 atom stereocenters. The summed E-state index contributed by atoms with van der Waals surface area (Å²) in [5, 5.41) is 11.1. The number of hydrogen-bond donors (Lipinski definition) is 1. The van der Waals surface area contributed by atoms with Gasteiger partial charge in [-0.25, -0.2) is 0 Å². The number of rotatable bonds is 6. The number of aliphatic hydroxyl groups is 1. The van der Waals surface area contributed by atoms with Crippen molar-refractivity contribution in [3.8, 4) is 0 Å². The Hall–Kier alpha value is -2.91. The minimum atomic E-state index is -0.537. The van der Waals surface area contributed by atoms with Crippen molar-refractivity contribution in [1.82, 2.24) is 4.90 Å². The molecule has 0 unspecified atom stereocenters. The molecule has 0 saturated carbocycles. The van der Waals surface area contributed by atoms with E-state index in [1.54, 1.807) is 0 Å². The van der Waals surface area contributed by atoms with Gasteiger partial charge < -0.3 is 10.0 Å². The largest absolute Gasteiger partial charge is 0.391 e. The van der Waals surface area contributed by atoms with Gasteiger partial charge >= 0.3 is 0 Å². The summed E-state index contributed by atoms with van der Waals surface area (Å²) in [6.45, 7) is 0.527. The molecular formula is C26H27NO2. The van der Waals surface area contributed by atoms with Crippen LogP contribution in [-0.4, -0.2) is 28.1 Å². The van der Waals surface area contributed by atoms with Crippen molar-refractivity contribution >= 4 is 5.91 Å². The highest BCUT2D eigenvalue weighted by Gasteiger charge is 2.40. The minimum Gasteiger partial charge on any atom is -0.391 e. The maximum Gasteiger partial charge on any atom is 0.226 e. The van der Waals surface area contributed by atoms with Crippen LogP contribution in [-0.2, 0) is 24.2 Å². The van der Waals surface area contributed by atoms with E-state index in [-0.39, 0.29) is 17.9 Å². The second-order valence-electron chi connectivity index (χ2n) is 7.90. The Labute approximate surface area is 172 Å². The lowest BCUT2D eigenvalue weighted by Crippen LogP contribution is -2.55. The molecule has 29 heavy (non-hydrogen) atoms. The summed E-state index contributed by atoms with van der Waals surface area (Å²) in [7, 11) is 0. The van der Waals surface area contributed by atoms with E-state index in [4.69, 9.17) is 0 Å². The fourth-order valence-corrected chi connectivity index (χ4v) is 4.30. The van der Waals surface area contributed by atoms with Crippen molar-refractivity contribution in [3.63, 3.8) is 0 Å². The van der Waals surface area contributed by atoms with E-state index in [0.29, 0.717) is 25.8 Å². The monoisotopic (exact) mass is 385 g/mol. The predicted octanol–water partition coefficient (Wildman–Crippen LogP) is 4.25. The first kappa shape index (κ1) is 19.4. The molecule has 1 aliphatic heterocycles. The third-order valence-electron chi connectivity index (χ3n) is 5.81. The standard InChI is InChI=1S/C26H27NO2/c28-25-18-23(16-20-10-4-1-5-11-20)26(29)27(19-22-14-8-3-9-15-22)24(25)17-21-12-6-2-7-13-21/h1-15,23-25,28H,16-19H2/t23-,24+,25+/m0/s1. The molecule has 1 aliphatic rings. The molecule has 1 amide bonds. The summed E-state index contributed by atoms with van der Waals surface area (Å²) >= 11 is 0. The van der Waals surface area contributed by atoms with E-state index in [1.807, 2.05) is 71.6 Å². The molecule has 148 valence electrons. The summed E-state index contributed by atoms with van der Waals surface area (Å²) in [4.78, 5) is 15.4. The lowest BCUT2D eigenvalue weighted by molar-refractivity contribution is -0.149. The van der Waals surface area contributed by atoms with Crippen molar-refractivity contribution in [2.75, 3.05) is 0 Å². The number of benzene rings is 3. The maximum absolute atomic E-state index is 13.5. The predicted molar refractivity (Wildman–Crippen MR) is 115 cm³/mol. The number of piperidine rings is 1. The van der Waals surface area contributed by atoms with E-state index in [9.17, 15) is 9.90 Å². The molecular weight excluding hydrogens is 358 g/mol. The van der Waals surface area contributed by atoms with Crippen LogP contribution in [0.4, 0.5) is 0 Å². The Morgan fingerprint density at radius 1 is 0.724 bits per heavy atom. The summed E-state index contributed by atoms with van der Waals surface area (Å²) in [5.41, 5.74) is 3.37. The Balaban J connectivity index is 1.59. The van der Waals surface area contributed by atoms with Crippen LogP contribution in [0.2, 0.25) is 0 Å². The van der Waals surface area contributed by atoms with E-state index in [2.05, 4.69) is 24.3 Å². The number of carbonyl (C=O) groups excluding carboxylic acids is 1. The Kier molecular flexibility index (Phi) is 6.06. The van der Waals surface area contributed by atoms with Gasteiger partial charge in [-0.3, -0.25) is 4.79 Å². The summed E-state index contributed by atoms with van der Waals surface area (Å²) in [6, 6.07) is 30.1. The van der Waals surface area contributed by atoms with Crippen LogP contribution in [0.15, 0.2) is 91.0 Å². The van der Waals surface area contributed by atoms with Gasteiger partial charge in [-0.05, 0) is 36.0 Å². The normalized spacial score (nSPS) is 21.9. The van der Waals surface area contributed by atoms with Crippen molar-refractivity contribution in [2.24, 2.45) is 5.92 Å². The van der Waals surface area contributed by atoms with Gasteiger partial charge in [-0.15, -0.1) is 0 Å². The lowest BCUT2D eigenvalue weighted by Gasteiger charge is -2.43. The van der Waals surface area contributed by atoms with Crippen LogP contribution >= 0.6 is 0 Å².